The minimum atomic E-state index is -4.51. The standard InChI is InChI=1S/C14H19F3N2O3S/c1-4-10(2)18-13(20)9-19(23(3,21)22)12-7-5-11(6-8-12)14(15,16)17/h5-8,10H,4,9H2,1-3H3,(H,18,20). The highest BCUT2D eigenvalue weighted by atomic mass is 32.2. The van der Waals surface area contributed by atoms with Gasteiger partial charge in [-0.25, -0.2) is 8.42 Å². The van der Waals surface area contributed by atoms with Crippen LogP contribution in [-0.4, -0.2) is 33.2 Å². The van der Waals surface area contributed by atoms with Crippen molar-refractivity contribution in [2.45, 2.75) is 32.5 Å². The average Bonchev–Trinajstić information content (AvgIpc) is 2.42. The fraction of sp³-hybridized carbons (Fsp3) is 0.500. The van der Waals surface area contributed by atoms with E-state index < -0.39 is 34.2 Å². The lowest BCUT2D eigenvalue weighted by molar-refractivity contribution is -0.137. The number of nitrogens with zero attached hydrogens (tertiary/aromatic N) is 1. The summed E-state index contributed by atoms with van der Waals surface area (Å²) in [5, 5.41) is 2.61. The quantitative estimate of drug-likeness (QED) is 0.855. The third kappa shape index (κ3) is 5.74. The Morgan fingerprint density at radius 2 is 1.78 bits per heavy atom. The van der Waals surface area contributed by atoms with Gasteiger partial charge in [0.15, 0.2) is 0 Å². The summed E-state index contributed by atoms with van der Waals surface area (Å²) in [4.78, 5) is 11.9. The topological polar surface area (TPSA) is 66.5 Å². The van der Waals surface area contributed by atoms with Gasteiger partial charge in [0.1, 0.15) is 6.54 Å². The smallest absolute Gasteiger partial charge is 0.352 e. The summed E-state index contributed by atoms with van der Waals surface area (Å²) in [6, 6.07) is 3.48. The number of nitrogens with one attached hydrogen (secondary N) is 1. The van der Waals surface area contributed by atoms with Gasteiger partial charge in [-0.15, -0.1) is 0 Å². The number of hydrogen-bond donors (Lipinski definition) is 1. The highest BCUT2D eigenvalue weighted by Crippen LogP contribution is 2.30. The highest BCUT2D eigenvalue weighted by Gasteiger charge is 2.30. The molecule has 1 rings (SSSR count). The molecule has 1 N–H and O–H groups in total. The Morgan fingerprint density at radius 3 is 2.17 bits per heavy atom. The number of rotatable bonds is 6. The second kappa shape index (κ2) is 7.20. The maximum absolute atomic E-state index is 12.6. The molecule has 1 unspecified atom stereocenters. The van der Waals surface area contributed by atoms with Gasteiger partial charge >= 0.3 is 6.18 Å². The number of benzene rings is 1. The molecule has 0 aromatic heterocycles. The second-order valence-electron chi connectivity index (χ2n) is 5.19. The number of anilines is 1. The Bertz CT molecular complexity index is 642. The van der Waals surface area contributed by atoms with Crippen LogP contribution in [0.4, 0.5) is 18.9 Å². The lowest BCUT2D eigenvalue weighted by atomic mass is 10.2. The first-order valence-corrected chi connectivity index (χ1v) is 8.74. The van der Waals surface area contributed by atoms with Crippen LogP contribution in [0.1, 0.15) is 25.8 Å². The van der Waals surface area contributed by atoms with Gasteiger partial charge in [-0.2, -0.15) is 13.2 Å². The maximum atomic E-state index is 12.6. The van der Waals surface area contributed by atoms with Crippen LogP contribution in [0.3, 0.4) is 0 Å². The van der Waals surface area contributed by atoms with E-state index in [1.165, 1.54) is 0 Å². The van der Waals surface area contributed by atoms with E-state index in [0.29, 0.717) is 6.42 Å². The minimum Gasteiger partial charge on any atom is -0.352 e. The normalized spacial score (nSPS) is 13.5. The molecular formula is C14H19F3N2O3S. The summed E-state index contributed by atoms with van der Waals surface area (Å²) in [5.41, 5.74) is -0.890. The molecule has 130 valence electrons. The first kappa shape index (κ1) is 19.3. The molecule has 9 heteroatoms. The largest absolute Gasteiger partial charge is 0.416 e. The van der Waals surface area contributed by atoms with Crippen molar-refractivity contribution in [1.82, 2.24) is 5.32 Å². The Labute approximate surface area is 133 Å². The van der Waals surface area contributed by atoms with E-state index in [1.807, 2.05) is 6.92 Å². The Balaban J connectivity index is 3.02. The molecule has 0 radical (unpaired) electrons. The van der Waals surface area contributed by atoms with Gasteiger partial charge in [0.2, 0.25) is 15.9 Å². The molecule has 0 fully saturated rings. The molecule has 1 aromatic carbocycles. The fourth-order valence-electron chi connectivity index (χ4n) is 1.77. The van der Waals surface area contributed by atoms with E-state index in [-0.39, 0.29) is 11.7 Å². The summed E-state index contributed by atoms with van der Waals surface area (Å²) in [6.45, 7) is 3.13. The van der Waals surface area contributed by atoms with E-state index in [4.69, 9.17) is 0 Å². The van der Waals surface area contributed by atoms with E-state index >= 15 is 0 Å². The van der Waals surface area contributed by atoms with Crippen molar-refractivity contribution in [3.63, 3.8) is 0 Å². The zero-order valence-electron chi connectivity index (χ0n) is 13.0. The number of sulfonamides is 1. The van der Waals surface area contributed by atoms with Crippen molar-refractivity contribution in [1.29, 1.82) is 0 Å². The zero-order chi connectivity index (χ0) is 17.8. The molecule has 0 saturated heterocycles. The number of amides is 1. The number of halogens is 3. The summed E-state index contributed by atoms with van der Waals surface area (Å²) in [5.74, 6) is -0.523. The Hall–Kier alpha value is -1.77. The third-order valence-electron chi connectivity index (χ3n) is 3.19. The van der Waals surface area contributed by atoms with Gasteiger partial charge in [-0.3, -0.25) is 9.10 Å². The molecule has 0 saturated carbocycles. The van der Waals surface area contributed by atoms with Crippen molar-refractivity contribution in [2.24, 2.45) is 0 Å². The molecule has 1 aromatic rings. The predicted octanol–water partition coefficient (Wildman–Crippen LogP) is 2.39. The van der Waals surface area contributed by atoms with E-state index in [9.17, 15) is 26.4 Å². The lowest BCUT2D eigenvalue weighted by Crippen LogP contribution is -2.43. The van der Waals surface area contributed by atoms with Crippen molar-refractivity contribution >= 4 is 21.6 Å². The SMILES string of the molecule is CCC(C)NC(=O)CN(c1ccc(C(F)(F)F)cc1)S(C)(=O)=O. The predicted molar refractivity (Wildman–Crippen MR) is 81.5 cm³/mol. The fourth-order valence-corrected chi connectivity index (χ4v) is 2.63. The van der Waals surface area contributed by atoms with Gasteiger partial charge in [0, 0.05) is 6.04 Å². The lowest BCUT2D eigenvalue weighted by Gasteiger charge is -2.23. The molecule has 1 atom stereocenters. The summed E-state index contributed by atoms with van der Waals surface area (Å²) < 4.78 is 62.1. The number of alkyl halides is 3. The molecule has 0 bridgehead atoms. The van der Waals surface area contributed by atoms with Crippen LogP contribution >= 0.6 is 0 Å². The van der Waals surface area contributed by atoms with Crippen molar-refractivity contribution in [3.8, 4) is 0 Å². The van der Waals surface area contributed by atoms with Crippen LogP contribution < -0.4 is 9.62 Å². The summed E-state index contributed by atoms with van der Waals surface area (Å²) in [7, 11) is -3.81. The summed E-state index contributed by atoms with van der Waals surface area (Å²) >= 11 is 0. The van der Waals surface area contributed by atoms with Crippen LogP contribution in [0.2, 0.25) is 0 Å². The Kier molecular flexibility index (Phi) is 6.04. The van der Waals surface area contributed by atoms with Crippen LogP contribution in [-0.2, 0) is 21.0 Å². The van der Waals surface area contributed by atoms with Crippen molar-refractivity contribution < 1.29 is 26.4 Å². The molecule has 0 aliphatic carbocycles. The van der Waals surface area contributed by atoms with Crippen molar-refractivity contribution in [2.75, 3.05) is 17.1 Å². The summed E-state index contributed by atoms with van der Waals surface area (Å²) in [6.07, 6.45) is -2.95. The number of carbonyl (C=O) groups excluding carboxylic acids is 1. The van der Waals surface area contributed by atoms with Crippen molar-refractivity contribution in [3.05, 3.63) is 29.8 Å². The molecule has 0 spiro atoms. The van der Waals surface area contributed by atoms with Gasteiger partial charge in [0.25, 0.3) is 0 Å². The highest BCUT2D eigenvalue weighted by molar-refractivity contribution is 7.92. The third-order valence-corrected chi connectivity index (χ3v) is 4.33. The van der Waals surface area contributed by atoms with Gasteiger partial charge in [-0.05, 0) is 37.6 Å². The average molecular weight is 352 g/mol. The van der Waals surface area contributed by atoms with Crippen LogP contribution in [0.25, 0.3) is 0 Å². The van der Waals surface area contributed by atoms with E-state index in [0.717, 1.165) is 34.8 Å². The first-order chi connectivity index (χ1) is 10.4. The van der Waals surface area contributed by atoms with Crippen LogP contribution in [0, 0.1) is 0 Å². The molecule has 5 nitrogen and oxygen atoms in total. The maximum Gasteiger partial charge on any atom is 0.416 e. The zero-order valence-corrected chi connectivity index (χ0v) is 13.8. The van der Waals surface area contributed by atoms with Gasteiger partial charge in [0.05, 0.1) is 17.5 Å². The Morgan fingerprint density at radius 1 is 1.26 bits per heavy atom. The first-order valence-electron chi connectivity index (χ1n) is 6.89. The number of hydrogen-bond acceptors (Lipinski definition) is 3. The molecule has 1 amide bonds. The minimum absolute atomic E-state index is 0.000184. The molecule has 0 aliphatic rings. The van der Waals surface area contributed by atoms with E-state index in [1.54, 1.807) is 6.92 Å². The number of carbonyl (C=O) groups is 1. The molecule has 23 heavy (non-hydrogen) atoms. The molecule has 0 heterocycles. The van der Waals surface area contributed by atoms with Gasteiger partial charge in [-0.1, -0.05) is 6.92 Å². The van der Waals surface area contributed by atoms with E-state index in [2.05, 4.69) is 5.32 Å². The molecular weight excluding hydrogens is 333 g/mol. The van der Waals surface area contributed by atoms with Crippen LogP contribution in [0.15, 0.2) is 24.3 Å². The second-order valence-corrected chi connectivity index (χ2v) is 7.10. The molecule has 0 aliphatic heterocycles. The monoisotopic (exact) mass is 352 g/mol. The van der Waals surface area contributed by atoms with Crippen LogP contribution in [0.5, 0.6) is 0 Å². The van der Waals surface area contributed by atoms with Gasteiger partial charge < -0.3 is 5.32 Å².